The van der Waals surface area contributed by atoms with Crippen LogP contribution in [0, 0.1) is 5.82 Å². The van der Waals surface area contributed by atoms with Crippen LogP contribution in [0.1, 0.15) is 11.1 Å². The van der Waals surface area contributed by atoms with Crippen molar-refractivity contribution >= 4 is 17.8 Å². The predicted molar refractivity (Wildman–Crippen MR) is 79.0 cm³/mol. The molecule has 2 aromatic rings. The van der Waals surface area contributed by atoms with Crippen molar-refractivity contribution in [1.82, 2.24) is 5.32 Å². The van der Waals surface area contributed by atoms with E-state index in [1.165, 1.54) is 36.4 Å². The predicted octanol–water partition coefficient (Wildman–Crippen LogP) is 4.64. The number of carbonyl (C=O) groups is 1. The number of hydrogen-bond donors (Lipinski definition) is 2. The van der Waals surface area contributed by atoms with E-state index in [0.29, 0.717) is 0 Å². The van der Waals surface area contributed by atoms with Gasteiger partial charge < -0.3 is 10.6 Å². The van der Waals surface area contributed by atoms with Crippen molar-refractivity contribution in [1.29, 1.82) is 0 Å². The lowest BCUT2D eigenvalue weighted by molar-refractivity contribution is -0.136. The third-order valence-electron chi connectivity index (χ3n) is 2.86. The topological polar surface area (TPSA) is 41.1 Å². The zero-order valence-corrected chi connectivity index (χ0v) is 11.7. The molecule has 0 bridgehead atoms. The number of rotatable bonds is 3. The Bertz CT molecular complexity index is 726. The van der Waals surface area contributed by atoms with Crippen LogP contribution in [0.4, 0.5) is 28.0 Å². The van der Waals surface area contributed by atoms with Gasteiger partial charge >= 0.3 is 12.2 Å². The largest absolute Gasteiger partial charge is 0.418 e. The van der Waals surface area contributed by atoms with Crippen LogP contribution < -0.4 is 10.6 Å². The summed E-state index contributed by atoms with van der Waals surface area (Å²) < 4.78 is 51.7. The highest BCUT2D eigenvalue weighted by molar-refractivity contribution is 5.91. The van der Waals surface area contributed by atoms with Gasteiger partial charge in [0.15, 0.2) is 0 Å². The lowest BCUT2D eigenvalue weighted by Gasteiger charge is -2.13. The average molecular weight is 324 g/mol. The lowest BCUT2D eigenvalue weighted by Crippen LogP contribution is -2.25. The Morgan fingerprint density at radius 1 is 1.00 bits per heavy atom. The van der Waals surface area contributed by atoms with E-state index in [1.54, 1.807) is 6.07 Å². The number of alkyl halides is 3. The first-order valence-electron chi connectivity index (χ1n) is 6.53. The third-order valence-corrected chi connectivity index (χ3v) is 2.86. The monoisotopic (exact) mass is 324 g/mol. The van der Waals surface area contributed by atoms with Gasteiger partial charge in [-0.05, 0) is 24.3 Å². The summed E-state index contributed by atoms with van der Waals surface area (Å²) in [6.45, 7) is 0. The minimum Gasteiger partial charge on any atom is -0.314 e. The molecule has 0 fully saturated rings. The van der Waals surface area contributed by atoms with E-state index in [4.69, 9.17) is 0 Å². The number of benzene rings is 2. The molecule has 2 rings (SSSR count). The zero-order chi connectivity index (χ0) is 16.9. The standard InChI is InChI=1S/C16H12F4N2O/c17-13-7-3-1-5-11(13)9-10-21-15(23)22-14-8-4-2-6-12(14)16(18,19)20/h1-10H,(H2,21,22,23)/b10-9+. The van der Waals surface area contributed by atoms with Gasteiger partial charge in [-0.25, -0.2) is 9.18 Å². The fourth-order valence-electron chi connectivity index (χ4n) is 1.82. The van der Waals surface area contributed by atoms with Crippen LogP contribution in [-0.4, -0.2) is 6.03 Å². The van der Waals surface area contributed by atoms with Crippen LogP contribution >= 0.6 is 0 Å². The Hall–Kier alpha value is -2.83. The summed E-state index contributed by atoms with van der Waals surface area (Å²) in [4.78, 5) is 11.6. The lowest BCUT2D eigenvalue weighted by atomic mass is 10.1. The molecule has 0 atom stereocenters. The molecular formula is C16H12F4N2O. The summed E-state index contributed by atoms with van der Waals surface area (Å²) in [5, 5.41) is 4.32. The number of amides is 2. The molecule has 0 aliphatic heterocycles. The van der Waals surface area contributed by atoms with Crippen molar-refractivity contribution in [3.8, 4) is 0 Å². The number of anilines is 1. The molecule has 120 valence electrons. The van der Waals surface area contributed by atoms with Gasteiger partial charge in [-0.3, -0.25) is 0 Å². The van der Waals surface area contributed by atoms with E-state index >= 15 is 0 Å². The van der Waals surface area contributed by atoms with Crippen molar-refractivity contribution < 1.29 is 22.4 Å². The second-order valence-corrected chi connectivity index (χ2v) is 4.50. The summed E-state index contributed by atoms with van der Waals surface area (Å²) in [5.41, 5.74) is -1.08. The normalized spacial score (nSPS) is 11.5. The summed E-state index contributed by atoms with van der Waals surface area (Å²) in [6.07, 6.45) is -2.14. The van der Waals surface area contributed by atoms with Crippen LogP contribution in [0.5, 0.6) is 0 Å². The Kier molecular flexibility index (Phi) is 5.00. The summed E-state index contributed by atoms with van der Waals surface area (Å²) >= 11 is 0. The first kappa shape index (κ1) is 16.5. The average Bonchev–Trinajstić information content (AvgIpc) is 2.49. The van der Waals surface area contributed by atoms with Crippen molar-refractivity contribution in [2.24, 2.45) is 0 Å². The number of hydrogen-bond acceptors (Lipinski definition) is 1. The molecule has 2 amide bonds. The molecule has 0 saturated heterocycles. The zero-order valence-electron chi connectivity index (χ0n) is 11.7. The number of urea groups is 1. The maximum absolute atomic E-state index is 13.3. The molecule has 3 nitrogen and oxygen atoms in total. The molecule has 7 heteroatoms. The van der Waals surface area contributed by atoms with Gasteiger partial charge in [0, 0.05) is 11.8 Å². The molecule has 0 aromatic heterocycles. The van der Waals surface area contributed by atoms with E-state index in [1.807, 2.05) is 0 Å². The second-order valence-electron chi connectivity index (χ2n) is 4.50. The molecule has 0 aliphatic rings. The summed E-state index contributed by atoms with van der Waals surface area (Å²) in [6, 6.07) is 9.61. The van der Waals surface area contributed by atoms with Gasteiger partial charge in [0.05, 0.1) is 11.3 Å². The minimum atomic E-state index is -4.58. The Balaban J connectivity index is 2.03. The molecule has 0 radical (unpaired) electrons. The van der Waals surface area contributed by atoms with Crippen LogP contribution in [0.3, 0.4) is 0 Å². The van der Waals surface area contributed by atoms with E-state index in [0.717, 1.165) is 18.3 Å². The smallest absolute Gasteiger partial charge is 0.314 e. The Labute approximate surface area is 129 Å². The third kappa shape index (κ3) is 4.57. The van der Waals surface area contributed by atoms with Crippen molar-refractivity contribution in [3.63, 3.8) is 0 Å². The fraction of sp³-hybridized carbons (Fsp3) is 0.0625. The summed E-state index contributed by atoms with van der Waals surface area (Å²) in [7, 11) is 0. The minimum absolute atomic E-state index is 0.239. The maximum atomic E-state index is 13.3. The van der Waals surface area contributed by atoms with E-state index in [2.05, 4.69) is 10.6 Å². The van der Waals surface area contributed by atoms with Crippen molar-refractivity contribution in [3.05, 3.63) is 71.7 Å². The number of para-hydroxylation sites is 1. The molecule has 2 aromatic carbocycles. The van der Waals surface area contributed by atoms with Crippen LogP contribution in [0.25, 0.3) is 6.08 Å². The maximum Gasteiger partial charge on any atom is 0.418 e. The van der Waals surface area contributed by atoms with Crippen molar-refractivity contribution in [2.45, 2.75) is 6.18 Å². The first-order valence-corrected chi connectivity index (χ1v) is 6.53. The van der Waals surface area contributed by atoms with Gasteiger partial charge in [-0.15, -0.1) is 0 Å². The summed E-state index contributed by atoms with van der Waals surface area (Å²) in [5.74, 6) is -0.478. The van der Waals surface area contributed by atoms with E-state index in [-0.39, 0.29) is 11.3 Å². The molecule has 0 saturated carbocycles. The molecule has 2 N–H and O–H groups in total. The first-order chi connectivity index (χ1) is 10.9. The molecule has 0 heterocycles. The fourth-order valence-corrected chi connectivity index (χ4v) is 1.82. The highest BCUT2D eigenvalue weighted by atomic mass is 19.4. The van der Waals surface area contributed by atoms with Gasteiger partial charge in [-0.1, -0.05) is 30.3 Å². The highest BCUT2D eigenvalue weighted by Gasteiger charge is 2.33. The van der Waals surface area contributed by atoms with Crippen molar-refractivity contribution in [2.75, 3.05) is 5.32 Å². The van der Waals surface area contributed by atoms with E-state index in [9.17, 15) is 22.4 Å². The van der Waals surface area contributed by atoms with Crippen LogP contribution in [0.2, 0.25) is 0 Å². The number of nitrogens with one attached hydrogen (secondary N) is 2. The SMILES string of the molecule is O=C(N/C=C/c1ccccc1F)Nc1ccccc1C(F)(F)F. The van der Waals surface area contributed by atoms with Gasteiger partial charge in [0.25, 0.3) is 0 Å². The Morgan fingerprint density at radius 2 is 1.65 bits per heavy atom. The number of halogens is 4. The molecule has 0 unspecified atom stereocenters. The molecule has 0 spiro atoms. The van der Waals surface area contributed by atoms with Gasteiger partial charge in [-0.2, -0.15) is 13.2 Å². The quantitative estimate of drug-likeness (QED) is 0.794. The molecule has 0 aliphatic carbocycles. The highest BCUT2D eigenvalue weighted by Crippen LogP contribution is 2.34. The van der Waals surface area contributed by atoms with Crippen LogP contribution in [-0.2, 0) is 6.18 Å². The molecular weight excluding hydrogens is 312 g/mol. The Morgan fingerprint density at radius 3 is 2.35 bits per heavy atom. The van der Waals surface area contributed by atoms with Gasteiger partial charge in [0.2, 0.25) is 0 Å². The molecule has 23 heavy (non-hydrogen) atoms. The van der Waals surface area contributed by atoms with Crippen LogP contribution in [0.15, 0.2) is 54.7 Å². The van der Waals surface area contributed by atoms with E-state index < -0.39 is 23.6 Å². The van der Waals surface area contributed by atoms with Gasteiger partial charge in [0.1, 0.15) is 5.82 Å². The second kappa shape index (κ2) is 6.95. The number of carbonyl (C=O) groups excluding carboxylic acids is 1.